The minimum absolute atomic E-state index is 0.0655. The molecule has 0 aromatic heterocycles. The summed E-state index contributed by atoms with van der Waals surface area (Å²) in [5, 5.41) is 10.7. The van der Waals surface area contributed by atoms with E-state index in [1.807, 2.05) is 6.92 Å². The second-order valence-corrected chi connectivity index (χ2v) is 5.79. The summed E-state index contributed by atoms with van der Waals surface area (Å²) in [6.45, 7) is 4.24. The first-order valence-electron chi connectivity index (χ1n) is 5.47. The molecule has 18 heavy (non-hydrogen) atoms. The first-order chi connectivity index (χ1) is 8.32. The highest BCUT2D eigenvalue weighted by Gasteiger charge is 2.18. The lowest BCUT2D eigenvalue weighted by Gasteiger charge is -2.19. The maximum Gasteiger partial charge on any atom is 0.270 e. The molecule has 1 aromatic rings. The number of carbonyl (C=O) groups is 1. The van der Waals surface area contributed by atoms with Gasteiger partial charge in [-0.1, -0.05) is 28.9 Å². The molecule has 0 bridgehead atoms. The summed E-state index contributed by atoms with van der Waals surface area (Å²) in [5.74, 6) is -0.206. The molecule has 1 amide bonds. The van der Waals surface area contributed by atoms with E-state index in [0.29, 0.717) is 12.1 Å². The molecule has 0 radical (unpaired) electrons. The summed E-state index contributed by atoms with van der Waals surface area (Å²) >= 11 is 3.37. The topological polar surface area (TPSA) is 63.5 Å². The summed E-state index contributed by atoms with van der Waals surface area (Å²) in [6, 6.07) is 4.32. The van der Waals surface area contributed by atoms with Crippen LogP contribution in [0.1, 0.15) is 22.8 Å². The number of aryl methyl sites for hydroxylation is 1. The van der Waals surface area contributed by atoms with Crippen molar-refractivity contribution in [2.45, 2.75) is 18.7 Å². The number of rotatable bonds is 4. The van der Waals surface area contributed by atoms with Crippen LogP contribution >= 0.6 is 15.9 Å². The number of hydrogen-bond donors (Lipinski definition) is 0. The third-order valence-corrected chi connectivity index (χ3v) is 2.82. The van der Waals surface area contributed by atoms with Crippen molar-refractivity contribution >= 4 is 27.5 Å². The van der Waals surface area contributed by atoms with E-state index in [2.05, 4.69) is 15.9 Å². The third-order valence-electron chi connectivity index (χ3n) is 2.53. The van der Waals surface area contributed by atoms with Crippen LogP contribution in [0.3, 0.4) is 0 Å². The fourth-order valence-corrected chi connectivity index (χ4v) is 2.05. The number of non-ortho nitro benzene ring substituents is 1. The van der Waals surface area contributed by atoms with Gasteiger partial charge < -0.3 is 4.90 Å². The van der Waals surface area contributed by atoms with Gasteiger partial charge in [-0.2, -0.15) is 0 Å². The maximum absolute atomic E-state index is 12.2. The van der Waals surface area contributed by atoms with Crippen molar-refractivity contribution in [2.75, 3.05) is 13.6 Å². The Morgan fingerprint density at radius 3 is 2.67 bits per heavy atom. The summed E-state index contributed by atoms with van der Waals surface area (Å²) in [7, 11) is 1.68. The number of hydrogen-bond acceptors (Lipinski definition) is 3. The van der Waals surface area contributed by atoms with E-state index in [-0.39, 0.29) is 16.4 Å². The molecule has 0 aliphatic rings. The van der Waals surface area contributed by atoms with Gasteiger partial charge >= 0.3 is 0 Å². The third kappa shape index (κ3) is 3.53. The number of amides is 1. The summed E-state index contributed by atoms with van der Waals surface area (Å²) < 4.78 is 0. The Labute approximate surface area is 114 Å². The Kier molecular flexibility index (Phi) is 4.84. The van der Waals surface area contributed by atoms with Crippen LogP contribution in [0.4, 0.5) is 5.69 Å². The maximum atomic E-state index is 12.2. The monoisotopic (exact) mass is 314 g/mol. The van der Waals surface area contributed by atoms with Gasteiger partial charge in [0.15, 0.2) is 0 Å². The molecule has 0 saturated heterocycles. The van der Waals surface area contributed by atoms with Crippen LogP contribution in [0, 0.1) is 17.0 Å². The van der Waals surface area contributed by atoms with Gasteiger partial charge in [-0.15, -0.1) is 0 Å². The highest BCUT2D eigenvalue weighted by atomic mass is 79.9. The van der Waals surface area contributed by atoms with Crippen LogP contribution in [0.5, 0.6) is 0 Å². The molecule has 1 atom stereocenters. The normalized spacial score (nSPS) is 12.0. The standard InChI is InChI=1S/C12H15BrN2O3/c1-8-4-5-10(15(17)18)6-11(8)12(16)14(3)7-9(2)13/h4-6,9H,7H2,1-3H3. The smallest absolute Gasteiger partial charge is 0.270 e. The van der Waals surface area contributed by atoms with Crippen molar-refractivity contribution in [3.8, 4) is 0 Å². The number of halogens is 1. The number of alkyl halides is 1. The number of nitro groups is 1. The molecule has 6 heteroatoms. The van der Waals surface area contributed by atoms with Crippen LogP contribution in [0.25, 0.3) is 0 Å². The van der Waals surface area contributed by atoms with Crippen LogP contribution in [0.2, 0.25) is 0 Å². The second kappa shape index (κ2) is 5.95. The first kappa shape index (κ1) is 14.6. The predicted octanol–water partition coefficient (Wildman–Crippen LogP) is 2.76. The molecule has 0 aliphatic carbocycles. The van der Waals surface area contributed by atoms with E-state index in [0.717, 1.165) is 5.56 Å². The minimum Gasteiger partial charge on any atom is -0.341 e. The zero-order chi connectivity index (χ0) is 13.9. The summed E-state index contributed by atoms with van der Waals surface area (Å²) in [5.41, 5.74) is 1.05. The summed E-state index contributed by atoms with van der Waals surface area (Å²) in [4.78, 5) is 24.1. The van der Waals surface area contributed by atoms with Crippen molar-refractivity contribution < 1.29 is 9.72 Å². The molecule has 1 rings (SSSR count). The fourth-order valence-electron chi connectivity index (χ4n) is 1.62. The van der Waals surface area contributed by atoms with Gasteiger partial charge in [0.1, 0.15) is 0 Å². The Balaban J connectivity index is 3.04. The fraction of sp³-hybridized carbons (Fsp3) is 0.417. The molecule has 0 fully saturated rings. The molecule has 0 spiro atoms. The average molecular weight is 315 g/mol. The molecule has 98 valence electrons. The lowest BCUT2D eigenvalue weighted by molar-refractivity contribution is -0.384. The van der Waals surface area contributed by atoms with Crippen molar-refractivity contribution in [3.05, 3.63) is 39.4 Å². The first-order valence-corrected chi connectivity index (χ1v) is 6.39. The minimum atomic E-state index is -0.497. The molecular formula is C12H15BrN2O3. The number of nitrogens with zero attached hydrogens (tertiary/aromatic N) is 2. The highest BCUT2D eigenvalue weighted by molar-refractivity contribution is 9.09. The molecule has 0 saturated carbocycles. The highest BCUT2D eigenvalue weighted by Crippen LogP contribution is 2.19. The van der Waals surface area contributed by atoms with Crippen LogP contribution < -0.4 is 0 Å². The molecule has 0 N–H and O–H groups in total. The Morgan fingerprint density at radius 2 is 2.17 bits per heavy atom. The molecule has 1 unspecified atom stereocenters. The van der Waals surface area contributed by atoms with Gasteiger partial charge in [-0.25, -0.2) is 0 Å². The van der Waals surface area contributed by atoms with Gasteiger partial charge in [-0.3, -0.25) is 14.9 Å². The lowest BCUT2D eigenvalue weighted by atomic mass is 10.1. The van der Waals surface area contributed by atoms with Gasteiger partial charge in [0.25, 0.3) is 11.6 Å². The SMILES string of the molecule is Cc1ccc([N+](=O)[O-])cc1C(=O)N(C)CC(C)Br. The van der Waals surface area contributed by atoms with E-state index in [4.69, 9.17) is 0 Å². The Bertz CT molecular complexity index is 474. The van der Waals surface area contributed by atoms with Crippen molar-refractivity contribution in [1.29, 1.82) is 0 Å². The van der Waals surface area contributed by atoms with E-state index >= 15 is 0 Å². The van der Waals surface area contributed by atoms with Crippen LogP contribution in [0.15, 0.2) is 18.2 Å². The van der Waals surface area contributed by atoms with Crippen molar-refractivity contribution in [1.82, 2.24) is 4.90 Å². The Hall–Kier alpha value is -1.43. The second-order valence-electron chi connectivity index (χ2n) is 4.22. The van der Waals surface area contributed by atoms with E-state index < -0.39 is 4.92 Å². The van der Waals surface area contributed by atoms with E-state index in [1.54, 1.807) is 24.9 Å². The van der Waals surface area contributed by atoms with Crippen molar-refractivity contribution in [3.63, 3.8) is 0 Å². The number of nitro benzene ring substituents is 1. The molecule has 5 nitrogen and oxygen atoms in total. The van der Waals surface area contributed by atoms with E-state index in [1.165, 1.54) is 12.1 Å². The van der Waals surface area contributed by atoms with Gasteiger partial charge in [0.2, 0.25) is 0 Å². The average Bonchev–Trinajstić information content (AvgIpc) is 2.27. The molecule has 0 heterocycles. The molecular weight excluding hydrogens is 300 g/mol. The van der Waals surface area contributed by atoms with E-state index in [9.17, 15) is 14.9 Å². The number of carbonyl (C=O) groups excluding carboxylic acids is 1. The quantitative estimate of drug-likeness (QED) is 0.487. The lowest BCUT2D eigenvalue weighted by Crippen LogP contribution is -2.31. The zero-order valence-corrected chi connectivity index (χ0v) is 12.1. The predicted molar refractivity (Wildman–Crippen MR) is 73.2 cm³/mol. The Morgan fingerprint density at radius 1 is 1.56 bits per heavy atom. The van der Waals surface area contributed by atoms with Gasteiger partial charge in [0, 0.05) is 36.1 Å². The largest absolute Gasteiger partial charge is 0.341 e. The van der Waals surface area contributed by atoms with Crippen LogP contribution in [-0.2, 0) is 0 Å². The molecule has 1 aromatic carbocycles. The zero-order valence-electron chi connectivity index (χ0n) is 10.5. The van der Waals surface area contributed by atoms with Gasteiger partial charge in [0.05, 0.1) is 4.92 Å². The van der Waals surface area contributed by atoms with Gasteiger partial charge in [-0.05, 0) is 12.5 Å². The van der Waals surface area contributed by atoms with Crippen molar-refractivity contribution in [2.24, 2.45) is 0 Å². The summed E-state index contributed by atoms with van der Waals surface area (Å²) in [6.07, 6.45) is 0. The number of benzene rings is 1. The van der Waals surface area contributed by atoms with Crippen LogP contribution in [-0.4, -0.2) is 34.2 Å². The molecule has 0 aliphatic heterocycles.